The molecule has 35 heavy (non-hydrogen) atoms. The van der Waals surface area contributed by atoms with E-state index < -0.39 is 11.9 Å². The van der Waals surface area contributed by atoms with Crippen LogP contribution in [-0.4, -0.2) is 12.6 Å². The molecule has 0 saturated heterocycles. The number of ether oxygens (including phenoxy) is 1. The minimum absolute atomic E-state index is 0.153. The van der Waals surface area contributed by atoms with Gasteiger partial charge in [0, 0.05) is 36.0 Å². The van der Waals surface area contributed by atoms with E-state index in [9.17, 15) is 9.18 Å². The highest BCUT2D eigenvalue weighted by atomic mass is 19.1. The molecule has 1 amide bonds. The number of primary amides is 1. The van der Waals surface area contributed by atoms with Crippen molar-refractivity contribution in [2.24, 2.45) is 11.7 Å². The lowest BCUT2D eigenvalue weighted by atomic mass is 10.1. The van der Waals surface area contributed by atoms with Crippen molar-refractivity contribution in [2.75, 3.05) is 11.4 Å². The van der Waals surface area contributed by atoms with Crippen LogP contribution in [0.4, 0.5) is 14.9 Å². The largest absolute Gasteiger partial charge is 0.410 e. The lowest BCUT2D eigenvalue weighted by molar-refractivity contribution is 0.208. The Morgan fingerprint density at radius 1 is 1.00 bits per heavy atom. The Hall–Kier alpha value is -3.78. The molecule has 0 aliphatic heterocycles. The molecule has 3 aromatic carbocycles. The molecule has 1 fully saturated rings. The molecular weight excluding hydrogens is 439 g/mol. The van der Waals surface area contributed by atoms with Crippen LogP contribution in [0.1, 0.15) is 54.9 Å². The van der Waals surface area contributed by atoms with Gasteiger partial charge in [0.05, 0.1) is 0 Å². The first-order valence-electron chi connectivity index (χ1n) is 12.2. The monoisotopic (exact) mass is 470 g/mol. The van der Waals surface area contributed by atoms with Crippen molar-refractivity contribution in [1.82, 2.24) is 0 Å². The van der Waals surface area contributed by atoms with E-state index in [0.717, 1.165) is 35.3 Å². The highest BCUT2D eigenvalue weighted by Gasteiger charge is 2.25. The van der Waals surface area contributed by atoms with E-state index in [1.165, 1.54) is 43.4 Å². The summed E-state index contributed by atoms with van der Waals surface area (Å²) in [4.78, 5) is 13.3. The molecule has 0 heterocycles. The summed E-state index contributed by atoms with van der Waals surface area (Å²) in [6.07, 6.45) is 4.87. The number of rotatable bonds is 9. The van der Waals surface area contributed by atoms with Gasteiger partial charge < -0.3 is 15.4 Å². The summed E-state index contributed by atoms with van der Waals surface area (Å²) in [6, 6.07) is 21.2. The molecule has 4 rings (SSSR count). The first kappa shape index (κ1) is 24.3. The summed E-state index contributed by atoms with van der Waals surface area (Å²) in [7, 11) is 0. The van der Waals surface area contributed by atoms with Gasteiger partial charge in [0.1, 0.15) is 0 Å². The molecule has 180 valence electrons. The van der Waals surface area contributed by atoms with Crippen molar-refractivity contribution in [3.63, 3.8) is 0 Å². The SMILES string of the molecule is CCCCc1ccc(C#Cc2ccc(CN(CC3CC3)c3ccc(F)c(OC(N)=O)c3)cc2)cc1. The molecule has 5 heteroatoms. The van der Waals surface area contributed by atoms with Crippen LogP contribution < -0.4 is 15.4 Å². The zero-order chi connectivity index (χ0) is 24.6. The Morgan fingerprint density at radius 3 is 2.20 bits per heavy atom. The van der Waals surface area contributed by atoms with Crippen LogP contribution in [0.2, 0.25) is 0 Å². The summed E-state index contributed by atoms with van der Waals surface area (Å²) < 4.78 is 18.9. The standard InChI is InChI=1S/C30H31FN2O2/c1-2-3-4-22-5-7-23(8-6-22)9-10-24-11-13-25(14-12-24)20-33(21-26-15-16-26)27-17-18-28(31)29(19-27)35-30(32)34/h5-8,11-14,17-19,26H,2-4,15-16,20-21H2,1H3,(H2,32,34). The summed E-state index contributed by atoms with van der Waals surface area (Å²) in [5.41, 5.74) is 10.3. The van der Waals surface area contributed by atoms with Crippen molar-refractivity contribution in [3.8, 4) is 17.6 Å². The summed E-state index contributed by atoms with van der Waals surface area (Å²) >= 11 is 0. The molecule has 1 saturated carbocycles. The number of hydrogen-bond donors (Lipinski definition) is 1. The van der Waals surface area contributed by atoms with Crippen LogP contribution in [-0.2, 0) is 13.0 Å². The third kappa shape index (κ3) is 7.35. The van der Waals surface area contributed by atoms with E-state index in [2.05, 4.69) is 60.1 Å². The number of nitrogens with zero attached hydrogens (tertiary/aromatic N) is 1. The second kappa shape index (κ2) is 11.6. The quantitative estimate of drug-likeness (QED) is 0.366. The van der Waals surface area contributed by atoms with Crippen LogP contribution in [0, 0.1) is 23.6 Å². The number of amides is 1. The average molecular weight is 471 g/mol. The van der Waals surface area contributed by atoms with Crippen molar-refractivity contribution in [1.29, 1.82) is 0 Å². The molecule has 3 aromatic rings. The molecule has 0 unspecified atom stereocenters. The smallest absolute Gasteiger partial charge is 0.407 e. The molecule has 4 nitrogen and oxygen atoms in total. The Kier molecular flexibility index (Phi) is 8.05. The summed E-state index contributed by atoms with van der Waals surface area (Å²) in [5, 5.41) is 0. The zero-order valence-corrected chi connectivity index (χ0v) is 20.1. The fourth-order valence-electron chi connectivity index (χ4n) is 3.94. The number of carbonyl (C=O) groups is 1. The van der Waals surface area contributed by atoms with Crippen LogP contribution in [0.15, 0.2) is 66.7 Å². The summed E-state index contributed by atoms with van der Waals surface area (Å²) in [5.74, 6) is 6.35. The first-order chi connectivity index (χ1) is 17.0. The van der Waals surface area contributed by atoms with Gasteiger partial charge in [-0.05, 0) is 79.1 Å². The van der Waals surface area contributed by atoms with Gasteiger partial charge in [-0.15, -0.1) is 0 Å². The number of aryl methyl sites for hydroxylation is 1. The number of nitrogens with two attached hydrogens (primary N) is 1. The molecule has 1 aliphatic rings. The molecule has 0 atom stereocenters. The number of unbranched alkanes of at least 4 members (excludes halogenated alkanes) is 1. The minimum atomic E-state index is -1.03. The van der Waals surface area contributed by atoms with Gasteiger partial charge in [-0.3, -0.25) is 0 Å². The van der Waals surface area contributed by atoms with E-state index in [-0.39, 0.29) is 5.75 Å². The average Bonchev–Trinajstić information content (AvgIpc) is 3.68. The summed E-state index contributed by atoms with van der Waals surface area (Å²) in [6.45, 7) is 3.72. The fraction of sp³-hybridized carbons (Fsp3) is 0.300. The van der Waals surface area contributed by atoms with Gasteiger partial charge in [0.15, 0.2) is 11.6 Å². The molecular formula is C30H31FN2O2. The Balaban J connectivity index is 1.44. The predicted octanol–water partition coefficient (Wildman–Crippen LogP) is 6.44. The van der Waals surface area contributed by atoms with Crippen LogP contribution in [0.3, 0.4) is 0 Å². The second-order valence-corrected chi connectivity index (χ2v) is 9.11. The minimum Gasteiger partial charge on any atom is -0.407 e. The number of benzene rings is 3. The molecule has 0 bridgehead atoms. The van der Waals surface area contributed by atoms with Crippen LogP contribution in [0.25, 0.3) is 0 Å². The fourth-order valence-corrected chi connectivity index (χ4v) is 3.94. The molecule has 1 aliphatic carbocycles. The van der Waals surface area contributed by atoms with Crippen LogP contribution in [0.5, 0.6) is 5.75 Å². The molecule has 0 spiro atoms. The Bertz CT molecular complexity index is 1210. The highest BCUT2D eigenvalue weighted by Crippen LogP contribution is 2.33. The van der Waals surface area contributed by atoms with Gasteiger partial charge in [-0.25, -0.2) is 9.18 Å². The number of carbonyl (C=O) groups excluding carboxylic acids is 1. The van der Waals surface area contributed by atoms with Crippen LogP contribution >= 0.6 is 0 Å². The Labute approximate surface area is 206 Å². The van der Waals surface area contributed by atoms with Crippen molar-refractivity contribution < 1.29 is 13.9 Å². The molecule has 2 N–H and O–H groups in total. The lowest BCUT2D eigenvalue weighted by Crippen LogP contribution is -2.25. The normalized spacial score (nSPS) is 12.5. The topological polar surface area (TPSA) is 55.6 Å². The number of hydrogen-bond acceptors (Lipinski definition) is 3. The van der Waals surface area contributed by atoms with Crippen molar-refractivity contribution in [2.45, 2.75) is 45.6 Å². The van der Waals surface area contributed by atoms with Gasteiger partial charge in [-0.1, -0.05) is 49.5 Å². The number of anilines is 1. The molecule has 0 aromatic heterocycles. The third-order valence-corrected chi connectivity index (χ3v) is 6.12. The number of halogens is 1. The van der Waals surface area contributed by atoms with E-state index in [1.54, 1.807) is 6.07 Å². The Morgan fingerprint density at radius 2 is 1.63 bits per heavy atom. The molecule has 0 radical (unpaired) electrons. The highest BCUT2D eigenvalue weighted by molar-refractivity contribution is 5.69. The van der Waals surface area contributed by atoms with Gasteiger partial charge in [-0.2, -0.15) is 0 Å². The maximum Gasteiger partial charge on any atom is 0.410 e. The predicted molar refractivity (Wildman–Crippen MR) is 138 cm³/mol. The van der Waals surface area contributed by atoms with E-state index in [0.29, 0.717) is 12.5 Å². The maximum absolute atomic E-state index is 14.0. The lowest BCUT2D eigenvalue weighted by Gasteiger charge is -2.25. The van der Waals surface area contributed by atoms with E-state index >= 15 is 0 Å². The first-order valence-corrected chi connectivity index (χ1v) is 12.2. The van der Waals surface area contributed by atoms with E-state index in [4.69, 9.17) is 10.5 Å². The maximum atomic E-state index is 14.0. The van der Waals surface area contributed by atoms with Gasteiger partial charge >= 0.3 is 6.09 Å². The van der Waals surface area contributed by atoms with Gasteiger partial charge in [0.2, 0.25) is 0 Å². The van der Waals surface area contributed by atoms with Crippen molar-refractivity contribution >= 4 is 11.8 Å². The van der Waals surface area contributed by atoms with Gasteiger partial charge in [0.25, 0.3) is 0 Å². The third-order valence-electron chi connectivity index (χ3n) is 6.12. The zero-order valence-electron chi connectivity index (χ0n) is 20.1. The van der Waals surface area contributed by atoms with E-state index in [1.807, 2.05) is 12.1 Å². The van der Waals surface area contributed by atoms with Crippen molar-refractivity contribution in [3.05, 3.63) is 94.8 Å². The second-order valence-electron chi connectivity index (χ2n) is 9.11.